The zero-order valence-corrected chi connectivity index (χ0v) is 16.9. The first-order chi connectivity index (χ1) is 13.5. The Morgan fingerprint density at radius 1 is 1.11 bits per heavy atom. The van der Waals surface area contributed by atoms with E-state index in [1.165, 1.54) is 30.7 Å². The molecule has 2 rings (SSSR count). The Morgan fingerprint density at radius 2 is 1.71 bits per heavy atom. The van der Waals surface area contributed by atoms with Gasteiger partial charge in [-0.3, -0.25) is 14.4 Å². The zero-order chi connectivity index (χ0) is 20.4. The number of carbonyl (C=O) groups is 3. The molecule has 1 aliphatic rings. The molecule has 1 N–H and O–H groups in total. The van der Waals surface area contributed by atoms with Gasteiger partial charge >= 0.3 is 5.97 Å². The number of rotatable bonds is 7. The van der Waals surface area contributed by atoms with Gasteiger partial charge in [0.2, 0.25) is 5.91 Å². The highest BCUT2D eigenvalue weighted by Gasteiger charge is 2.20. The molecule has 1 aliphatic heterocycles. The van der Waals surface area contributed by atoms with Crippen LogP contribution in [0.25, 0.3) is 0 Å². The summed E-state index contributed by atoms with van der Waals surface area (Å²) >= 11 is 1.12. The molecule has 0 radical (unpaired) electrons. The fraction of sp³-hybridized carbons (Fsp3) is 0.550. The molecule has 1 aromatic rings. The molecule has 1 saturated heterocycles. The van der Waals surface area contributed by atoms with Crippen LogP contribution in [0.15, 0.2) is 24.3 Å². The van der Waals surface area contributed by atoms with E-state index in [-0.39, 0.29) is 30.0 Å². The van der Waals surface area contributed by atoms with Crippen LogP contribution in [-0.2, 0) is 19.1 Å². The quantitative estimate of drug-likeness (QED) is 0.699. The van der Waals surface area contributed by atoms with Crippen molar-refractivity contribution in [1.82, 2.24) is 4.90 Å². The van der Waals surface area contributed by atoms with E-state index < -0.39 is 11.2 Å². The molecular weight excluding hydrogens is 383 g/mol. The van der Waals surface area contributed by atoms with E-state index in [4.69, 9.17) is 4.74 Å². The number of halogens is 1. The van der Waals surface area contributed by atoms with Gasteiger partial charge in [-0.2, -0.15) is 0 Å². The van der Waals surface area contributed by atoms with Crippen LogP contribution in [0.5, 0.6) is 0 Å². The molecular formula is C20H27FN2O4S. The smallest absolute Gasteiger partial charge is 0.319 e. The van der Waals surface area contributed by atoms with E-state index >= 15 is 0 Å². The van der Waals surface area contributed by atoms with E-state index in [9.17, 15) is 18.8 Å². The normalized spacial score (nSPS) is 15.9. The first kappa shape index (κ1) is 22.2. The first-order valence-corrected chi connectivity index (χ1v) is 10.6. The van der Waals surface area contributed by atoms with Crippen molar-refractivity contribution in [3.63, 3.8) is 0 Å². The van der Waals surface area contributed by atoms with Crippen LogP contribution in [0.3, 0.4) is 0 Å². The van der Waals surface area contributed by atoms with Crippen LogP contribution in [0.2, 0.25) is 0 Å². The minimum atomic E-state index is -0.570. The number of hydrogen-bond donors (Lipinski definition) is 1. The second-order valence-corrected chi connectivity index (χ2v) is 8.09. The number of ether oxygens (including phenoxy) is 1. The number of thioether (sulfide) groups is 1. The lowest BCUT2D eigenvalue weighted by atomic mass is 10.1. The molecule has 1 aromatic carbocycles. The molecule has 8 heteroatoms. The van der Waals surface area contributed by atoms with E-state index in [0.29, 0.717) is 18.8 Å². The van der Waals surface area contributed by atoms with Gasteiger partial charge in [-0.15, -0.1) is 11.8 Å². The molecule has 0 unspecified atom stereocenters. The van der Waals surface area contributed by atoms with Crippen molar-refractivity contribution in [3.8, 4) is 0 Å². The molecule has 6 nitrogen and oxygen atoms in total. The van der Waals surface area contributed by atoms with Crippen molar-refractivity contribution in [2.24, 2.45) is 0 Å². The Balaban J connectivity index is 1.67. The van der Waals surface area contributed by atoms with Crippen LogP contribution < -0.4 is 5.32 Å². The number of anilines is 1. The van der Waals surface area contributed by atoms with Crippen molar-refractivity contribution in [3.05, 3.63) is 30.1 Å². The Labute approximate surface area is 169 Å². The molecule has 2 amide bonds. The Morgan fingerprint density at radius 3 is 2.36 bits per heavy atom. The van der Waals surface area contributed by atoms with Gasteiger partial charge < -0.3 is 15.0 Å². The molecule has 28 heavy (non-hydrogen) atoms. The second-order valence-electron chi connectivity index (χ2n) is 6.76. The Bertz CT molecular complexity index is 661. The molecule has 0 spiro atoms. The lowest BCUT2D eigenvalue weighted by Crippen LogP contribution is -2.37. The number of carbonyl (C=O) groups excluding carboxylic acids is 3. The monoisotopic (exact) mass is 410 g/mol. The van der Waals surface area contributed by atoms with Crippen molar-refractivity contribution < 1.29 is 23.5 Å². The lowest BCUT2D eigenvalue weighted by molar-refractivity contribution is -0.151. The number of benzene rings is 1. The topological polar surface area (TPSA) is 75.7 Å². The van der Waals surface area contributed by atoms with E-state index in [0.717, 1.165) is 37.4 Å². The van der Waals surface area contributed by atoms with Gasteiger partial charge in [0.1, 0.15) is 11.1 Å². The van der Waals surface area contributed by atoms with Crippen molar-refractivity contribution in [2.75, 3.05) is 30.8 Å². The van der Waals surface area contributed by atoms with Gasteiger partial charge in [-0.05, 0) is 44.0 Å². The van der Waals surface area contributed by atoms with Crippen molar-refractivity contribution >= 4 is 35.2 Å². The molecule has 0 bridgehead atoms. The van der Waals surface area contributed by atoms with Crippen LogP contribution in [0.4, 0.5) is 10.1 Å². The number of amides is 2. The maximum absolute atomic E-state index is 12.9. The summed E-state index contributed by atoms with van der Waals surface area (Å²) in [6, 6.07) is 5.44. The highest BCUT2D eigenvalue weighted by molar-refractivity contribution is 8.01. The van der Waals surface area contributed by atoms with Gasteiger partial charge in [0.05, 0.1) is 5.75 Å². The predicted octanol–water partition coefficient (Wildman–Crippen LogP) is 3.22. The summed E-state index contributed by atoms with van der Waals surface area (Å²) in [6.45, 7) is 2.80. The molecule has 1 atom stereocenters. The number of esters is 1. The third-order valence-corrected chi connectivity index (χ3v) is 5.59. The third-order valence-electron chi connectivity index (χ3n) is 4.47. The van der Waals surface area contributed by atoms with Gasteiger partial charge in [0.15, 0.2) is 6.61 Å². The minimum absolute atomic E-state index is 0.0493. The molecule has 0 aliphatic carbocycles. The SMILES string of the molecule is C[C@H](SCC(=O)Nc1ccc(F)cc1)C(=O)OCC(=O)N1CCCCCCC1. The Hall–Kier alpha value is -2.09. The maximum atomic E-state index is 12.9. The second kappa shape index (κ2) is 11.7. The summed E-state index contributed by atoms with van der Waals surface area (Å²) in [7, 11) is 0. The summed E-state index contributed by atoms with van der Waals surface area (Å²) in [5.74, 6) is -1.31. The zero-order valence-electron chi connectivity index (χ0n) is 16.1. The van der Waals surface area contributed by atoms with Gasteiger partial charge in [0.25, 0.3) is 5.91 Å². The molecule has 154 valence electrons. The fourth-order valence-electron chi connectivity index (χ4n) is 2.84. The number of nitrogens with zero attached hydrogens (tertiary/aromatic N) is 1. The van der Waals surface area contributed by atoms with E-state index in [1.807, 2.05) is 0 Å². The fourth-order valence-corrected chi connectivity index (χ4v) is 3.52. The van der Waals surface area contributed by atoms with Crippen molar-refractivity contribution in [1.29, 1.82) is 0 Å². The summed E-state index contributed by atoms with van der Waals surface area (Å²) in [5.41, 5.74) is 0.487. The van der Waals surface area contributed by atoms with Crippen LogP contribution in [0.1, 0.15) is 39.0 Å². The lowest BCUT2D eigenvalue weighted by Gasteiger charge is -2.24. The maximum Gasteiger partial charge on any atom is 0.319 e. The van der Waals surface area contributed by atoms with Crippen molar-refractivity contribution in [2.45, 2.75) is 44.3 Å². The van der Waals surface area contributed by atoms with Gasteiger partial charge in [-0.1, -0.05) is 19.3 Å². The van der Waals surface area contributed by atoms with Gasteiger partial charge in [0, 0.05) is 18.8 Å². The minimum Gasteiger partial charge on any atom is -0.455 e. The third kappa shape index (κ3) is 7.88. The van der Waals surface area contributed by atoms with Crippen LogP contribution in [0, 0.1) is 5.82 Å². The van der Waals surface area contributed by atoms with Crippen LogP contribution in [-0.4, -0.2) is 53.4 Å². The average Bonchev–Trinajstić information content (AvgIpc) is 2.65. The highest BCUT2D eigenvalue weighted by Crippen LogP contribution is 2.15. The number of likely N-dealkylation sites (tertiary alicyclic amines) is 1. The largest absolute Gasteiger partial charge is 0.455 e. The standard InChI is InChI=1S/C20H27FN2O4S/c1-15(28-14-18(24)22-17-9-7-16(21)8-10-17)20(26)27-13-19(25)23-11-5-3-2-4-6-12-23/h7-10,15H,2-6,11-14H2,1H3,(H,22,24)/t15-/m0/s1. The predicted molar refractivity (Wildman–Crippen MR) is 108 cm³/mol. The number of nitrogens with one attached hydrogen (secondary N) is 1. The Kier molecular flexibility index (Phi) is 9.27. The van der Waals surface area contributed by atoms with Crippen LogP contribution >= 0.6 is 11.8 Å². The number of hydrogen-bond acceptors (Lipinski definition) is 5. The summed E-state index contributed by atoms with van der Waals surface area (Å²) in [5, 5.41) is 2.06. The molecule has 1 fully saturated rings. The summed E-state index contributed by atoms with van der Waals surface area (Å²) in [4.78, 5) is 38.0. The van der Waals surface area contributed by atoms with E-state index in [2.05, 4.69) is 5.32 Å². The summed E-state index contributed by atoms with van der Waals surface area (Å²) in [6.07, 6.45) is 5.42. The molecule has 0 saturated carbocycles. The molecule has 1 heterocycles. The van der Waals surface area contributed by atoms with E-state index in [1.54, 1.807) is 11.8 Å². The van der Waals surface area contributed by atoms with Gasteiger partial charge in [-0.25, -0.2) is 4.39 Å². The summed E-state index contributed by atoms with van der Waals surface area (Å²) < 4.78 is 18.0. The molecule has 0 aromatic heterocycles. The first-order valence-electron chi connectivity index (χ1n) is 9.57. The highest BCUT2D eigenvalue weighted by atomic mass is 32.2. The average molecular weight is 411 g/mol.